The molecule has 1 heterocycles. The first-order chi connectivity index (χ1) is 9.32. The summed E-state index contributed by atoms with van der Waals surface area (Å²) >= 11 is 1.54. The maximum atomic E-state index is 12.5. The fourth-order valence-electron chi connectivity index (χ4n) is 2.39. The number of carboxylic acid groups (broad SMARTS) is 1. The van der Waals surface area contributed by atoms with Gasteiger partial charge in [0.05, 0.1) is 0 Å². The van der Waals surface area contributed by atoms with Crippen LogP contribution in [0.15, 0.2) is 0 Å². The molecule has 0 radical (unpaired) electrons. The van der Waals surface area contributed by atoms with Crippen molar-refractivity contribution in [2.24, 2.45) is 5.73 Å². The molecule has 8 heteroatoms. The number of aliphatic carboxylic acids is 1. The summed E-state index contributed by atoms with van der Waals surface area (Å²) in [5.41, 5.74) is 3.88. The second-order valence-electron chi connectivity index (χ2n) is 5.02. The number of rotatable bonds is 6. The van der Waals surface area contributed by atoms with Crippen LogP contribution < -0.4 is 11.1 Å². The van der Waals surface area contributed by atoms with Crippen LogP contribution in [0.1, 0.15) is 26.2 Å². The van der Waals surface area contributed by atoms with E-state index in [1.165, 1.54) is 11.8 Å². The van der Waals surface area contributed by atoms with E-state index in [0.29, 0.717) is 31.6 Å². The zero-order valence-electron chi connectivity index (χ0n) is 11.7. The summed E-state index contributed by atoms with van der Waals surface area (Å²) in [6.07, 6.45) is 3.37. The Bertz CT molecular complexity index is 404. The lowest BCUT2D eigenvalue weighted by Gasteiger charge is -2.34. The van der Waals surface area contributed by atoms with Gasteiger partial charge in [-0.1, -0.05) is 0 Å². The minimum atomic E-state index is -1.20. The summed E-state index contributed by atoms with van der Waals surface area (Å²) < 4.78 is 0. The highest BCUT2D eigenvalue weighted by molar-refractivity contribution is 7.98. The summed E-state index contributed by atoms with van der Waals surface area (Å²) in [4.78, 5) is 36.2. The first-order valence-electron chi connectivity index (χ1n) is 6.42. The Morgan fingerprint density at radius 3 is 2.65 bits per heavy atom. The Hall–Kier alpha value is -1.44. The fourth-order valence-corrected chi connectivity index (χ4v) is 2.86. The number of carboxylic acids is 1. The van der Waals surface area contributed by atoms with Crippen molar-refractivity contribution in [3.05, 3.63) is 0 Å². The minimum Gasteiger partial charge on any atom is -0.480 e. The van der Waals surface area contributed by atoms with Gasteiger partial charge in [0.25, 0.3) is 0 Å². The Morgan fingerprint density at radius 2 is 2.15 bits per heavy atom. The number of urea groups is 1. The first-order valence-corrected chi connectivity index (χ1v) is 7.82. The standard InChI is InChI=1S/C12H21N3O4S/c1-12(10(17)18)5-3-6-15(12)9(16)8(4-7-20-2)14-11(13)19/h8H,3-7H2,1-2H3,(H,17,18)(H3,13,14,19). The molecule has 0 bridgehead atoms. The topological polar surface area (TPSA) is 113 Å². The smallest absolute Gasteiger partial charge is 0.329 e. The number of nitrogens with one attached hydrogen (secondary N) is 1. The van der Waals surface area contributed by atoms with Gasteiger partial charge in [-0.2, -0.15) is 11.8 Å². The Balaban J connectivity index is 2.87. The zero-order valence-corrected chi connectivity index (χ0v) is 12.5. The predicted octanol–water partition coefficient (Wildman–Crippen LogP) is 0.242. The van der Waals surface area contributed by atoms with Gasteiger partial charge in [0.2, 0.25) is 5.91 Å². The average Bonchev–Trinajstić information content (AvgIpc) is 2.76. The van der Waals surface area contributed by atoms with Crippen LogP contribution in [0.4, 0.5) is 4.79 Å². The molecule has 1 aliphatic heterocycles. The third-order valence-corrected chi connectivity index (χ3v) is 4.24. The van der Waals surface area contributed by atoms with Crippen molar-refractivity contribution in [1.82, 2.24) is 10.2 Å². The maximum absolute atomic E-state index is 12.5. The second-order valence-corrected chi connectivity index (χ2v) is 6.00. The van der Waals surface area contributed by atoms with Gasteiger partial charge in [0.1, 0.15) is 11.6 Å². The minimum absolute atomic E-state index is 0.375. The summed E-state index contributed by atoms with van der Waals surface area (Å²) in [6.45, 7) is 1.92. The normalized spacial score (nSPS) is 23.4. The molecule has 4 N–H and O–H groups in total. The highest BCUT2D eigenvalue weighted by Crippen LogP contribution is 2.30. The molecule has 0 aromatic heterocycles. The number of carbonyl (C=O) groups excluding carboxylic acids is 2. The Morgan fingerprint density at radius 1 is 1.50 bits per heavy atom. The molecule has 0 aromatic rings. The molecule has 0 saturated carbocycles. The monoisotopic (exact) mass is 303 g/mol. The quantitative estimate of drug-likeness (QED) is 0.650. The van der Waals surface area contributed by atoms with E-state index in [-0.39, 0.29) is 5.91 Å². The molecule has 0 aliphatic carbocycles. The molecule has 0 aromatic carbocycles. The van der Waals surface area contributed by atoms with Gasteiger partial charge in [0, 0.05) is 6.54 Å². The highest BCUT2D eigenvalue weighted by Gasteiger charge is 2.47. The van der Waals surface area contributed by atoms with Gasteiger partial charge >= 0.3 is 12.0 Å². The van der Waals surface area contributed by atoms with Crippen LogP contribution >= 0.6 is 11.8 Å². The van der Waals surface area contributed by atoms with E-state index in [2.05, 4.69) is 5.32 Å². The molecule has 1 rings (SSSR count). The van der Waals surface area contributed by atoms with E-state index in [1.54, 1.807) is 11.8 Å². The number of likely N-dealkylation sites (tertiary alicyclic amines) is 1. The van der Waals surface area contributed by atoms with Crippen LogP contribution in [0.3, 0.4) is 0 Å². The molecule has 0 spiro atoms. The van der Waals surface area contributed by atoms with E-state index in [0.717, 1.165) is 0 Å². The van der Waals surface area contributed by atoms with Crippen molar-refractivity contribution in [3.63, 3.8) is 0 Å². The molecule has 1 fully saturated rings. The maximum Gasteiger partial charge on any atom is 0.329 e. The van der Waals surface area contributed by atoms with Gasteiger partial charge in [-0.15, -0.1) is 0 Å². The number of nitrogens with zero attached hydrogens (tertiary/aromatic N) is 1. The second kappa shape index (κ2) is 6.83. The first kappa shape index (κ1) is 16.6. The van der Waals surface area contributed by atoms with Gasteiger partial charge in [0.15, 0.2) is 0 Å². The SMILES string of the molecule is CSCCC(NC(N)=O)C(=O)N1CCCC1(C)C(=O)O. The van der Waals surface area contributed by atoms with E-state index in [1.807, 2.05) is 6.26 Å². The van der Waals surface area contributed by atoms with Crippen LogP contribution in [0.2, 0.25) is 0 Å². The molecular formula is C12H21N3O4S. The van der Waals surface area contributed by atoms with Crippen molar-refractivity contribution in [2.75, 3.05) is 18.6 Å². The number of amides is 3. The number of carbonyl (C=O) groups is 3. The molecule has 1 saturated heterocycles. The summed E-state index contributed by atoms with van der Waals surface area (Å²) in [5, 5.41) is 11.7. The van der Waals surface area contributed by atoms with Crippen molar-refractivity contribution in [1.29, 1.82) is 0 Å². The van der Waals surface area contributed by atoms with Crippen molar-refractivity contribution in [2.45, 2.75) is 37.8 Å². The Labute approximate surface area is 122 Å². The van der Waals surface area contributed by atoms with Crippen LogP contribution in [0, 0.1) is 0 Å². The van der Waals surface area contributed by atoms with Crippen molar-refractivity contribution >= 4 is 29.7 Å². The molecule has 3 amide bonds. The Kier molecular flexibility index (Phi) is 5.67. The lowest BCUT2D eigenvalue weighted by Crippen LogP contribution is -2.57. The highest BCUT2D eigenvalue weighted by atomic mass is 32.2. The third kappa shape index (κ3) is 3.56. The summed E-state index contributed by atoms with van der Waals surface area (Å²) in [5.74, 6) is -0.722. The number of nitrogens with two attached hydrogens (primary N) is 1. The van der Waals surface area contributed by atoms with Gasteiger partial charge in [-0.05, 0) is 38.2 Å². The fraction of sp³-hybridized carbons (Fsp3) is 0.750. The van der Waals surface area contributed by atoms with E-state index < -0.39 is 23.6 Å². The van der Waals surface area contributed by atoms with E-state index in [9.17, 15) is 19.5 Å². The van der Waals surface area contributed by atoms with Crippen LogP contribution in [-0.2, 0) is 9.59 Å². The third-order valence-electron chi connectivity index (χ3n) is 3.59. The van der Waals surface area contributed by atoms with E-state index >= 15 is 0 Å². The number of hydrogen-bond donors (Lipinski definition) is 3. The molecule has 1 aliphatic rings. The lowest BCUT2D eigenvalue weighted by molar-refractivity contribution is -0.156. The van der Waals surface area contributed by atoms with Crippen molar-refractivity contribution in [3.8, 4) is 0 Å². The number of thioether (sulfide) groups is 1. The molecular weight excluding hydrogens is 282 g/mol. The average molecular weight is 303 g/mol. The summed E-state index contributed by atoms with van der Waals surface area (Å²) in [7, 11) is 0. The molecule has 114 valence electrons. The van der Waals surface area contributed by atoms with Gasteiger partial charge in [-0.25, -0.2) is 9.59 Å². The number of primary amides is 1. The van der Waals surface area contributed by atoms with Gasteiger partial charge < -0.3 is 21.1 Å². The lowest BCUT2D eigenvalue weighted by atomic mass is 9.98. The summed E-state index contributed by atoms with van der Waals surface area (Å²) in [6, 6.07) is -1.54. The van der Waals surface area contributed by atoms with Crippen LogP contribution in [0.5, 0.6) is 0 Å². The zero-order chi connectivity index (χ0) is 15.3. The molecule has 2 unspecified atom stereocenters. The van der Waals surface area contributed by atoms with Crippen molar-refractivity contribution < 1.29 is 19.5 Å². The van der Waals surface area contributed by atoms with Gasteiger partial charge in [-0.3, -0.25) is 4.79 Å². The molecule has 20 heavy (non-hydrogen) atoms. The van der Waals surface area contributed by atoms with E-state index in [4.69, 9.17) is 5.73 Å². The molecule has 7 nitrogen and oxygen atoms in total. The predicted molar refractivity (Wildman–Crippen MR) is 76.5 cm³/mol. The molecule has 2 atom stereocenters. The largest absolute Gasteiger partial charge is 0.480 e. The number of hydrogen-bond acceptors (Lipinski definition) is 4. The van der Waals surface area contributed by atoms with Crippen LogP contribution in [0.25, 0.3) is 0 Å². The van der Waals surface area contributed by atoms with Crippen LogP contribution in [-0.4, -0.2) is 58.0 Å².